The van der Waals surface area contributed by atoms with Gasteiger partial charge in [-0.2, -0.15) is 0 Å². The third-order valence-electron chi connectivity index (χ3n) is 3.50. The van der Waals surface area contributed by atoms with Crippen LogP contribution in [0.15, 0.2) is 18.2 Å². The van der Waals surface area contributed by atoms with Gasteiger partial charge in [0.25, 0.3) is 0 Å². The first-order valence-corrected chi connectivity index (χ1v) is 6.73. The van der Waals surface area contributed by atoms with Crippen molar-refractivity contribution in [1.82, 2.24) is 9.80 Å². The van der Waals surface area contributed by atoms with Gasteiger partial charge in [-0.05, 0) is 50.7 Å². The fourth-order valence-electron chi connectivity index (χ4n) is 2.63. The molecule has 100 valence electrons. The molecule has 18 heavy (non-hydrogen) atoms. The summed E-state index contributed by atoms with van der Waals surface area (Å²) in [5, 5.41) is 0.193. The lowest BCUT2D eigenvalue weighted by Gasteiger charge is -2.21. The summed E-state index contributed by atoms with van der Waals surface area (Å²) < 4.78 is 13.3. The molecule has 0 spiro atoms. The molecule has 1 aliphatic rings. The van der Waals surface area contributed by atoms with Gasteiger partial charge in [0.15, 0.2) is 0 Å². The Balaban J connectivity index is 1.86. The molecule has 1 fully saturated rings. The van der Waals surface area contributed by atoms with Gasteiger partial charge >= 0.3 is 0 Å². The summed E-state index contributed by atoms with van der Waals surface area (Å²) in [5.41, 5.74) is 0.978. The number of hydrogen-bond acceptors (Lipinski definition) is 2. The second-order valence-corrected chi connectivity index (χ2v) is 5.77. The summed E-state index contributed by atoms with van der Waals surface area (Å²) in [6.07, 6.45) is 1.26. The van der Waals surface area contributed by atoms with E-state index in [1.807, 2.05) is 6.07 Å². The zero-order valence-corrected chi connectivity index (χ0v) is 11.8. The number of likely N-dealkylation sites (tertiary alicyclic amines) is 1. The molecule has 0 bridgehead atoms. The van der Waals surface area contributed by atoms with E-state index in [2.05, 4.69) is 23.9 Å². The second-order valence-electron chi connectivity index (χ2n) is 5.36. The van der Waals surface area contributed by atoms with Crippen LogP contribution in [0.4, 0.5) is 4.39 Å². The number of hydrogen-bond donors (Lipinski definition) is 0. The van der Waals surface area contributed by atoms with Crippen molar-refractivity contribution in [2.75, 3.05) is 33.7 Å². The summed E-state index contributed by atoms with van der Waals surface area (Å²) in [5.74, 6) is 0.403. The molecule has 0 amide bonds. The normalized spacial score (nSPS) is 20.8. The minimum absolute atomic E-state index is 0.193. The highest BCUT2D eigenvalue weighted by atomic mass is 35.5. The van der Waals surface area contributed by atoms with Crippen molar-refractivity contribution in [2.45, 2.75) is 13.0 Å². The third kappa shape index (κ3) is 3.67. The van der Waals surface area contributed by atoms with Crippen LogP contribution >= 0.6 is 11.6 Å². The fourth-order valence-corrected chi connectivity index (χ4v) is 2.75. The summed E-state index contributed by atoms with van der Waals surface area (Å²) in [6.45, 7) is 4.19. The molecule has 1 atom stereocenters. The SMILES string of the molecule is CN1CCC(CN(C)Cc2ccc(Cl)c(F)c2)C1. The Morgan fingerprint density at radius 2 is 2.28 bits per heavy atom. The van der Waals surface area contributed by atoms with Gasteiger partial charge in [0.05, 0.1) is 5.02 Å². The molecule has 1 heterocycles. The topological polar surface area (TPSA) is 6.48 Å². The molecule has 0 aromatic heterocycles. The minimum Gasteiger partial charge on any atom is -0.306 e. The molecular weight excluding hydrogens is 251 g/mol. The summed E-state index contributed by atoms with van der Waals surface area (Å²) in [7, 11) is 4.25. The van der Waals surface area contributed by atoms with Gasteiger partial charge in [0.1, 0.15) is 5.82 Å². The van der Waals surface area contributed by atoms with Gasteiger partial charge in [0, 0.05) is 19.6 Å². The van der Waals surface area contributed by atoms with Crippen LogP contribution in [-0.4, -0.2) is 43.5 Å². The van der Waals surface area contributed by atoms with Crippen molar-refractivity contribution >= 4 is 11.6 Å². The lowest BCUT2D eigenvalue weighted by molar-refractivity contribution is 0.267. The van der Waals surface area contributed by atoms with E-state index in [9.17, 15) is 4.39 Å². The Kier molecular flexibility index (Phi) is 4.60. The first kappa shape index (κ1) is 13.8. The molecule has 2 rings (SSSR count). The van der Waals surface area contributed by atoms with Gasteiger partial charge < -0.3 is 9.80 Å². The highest BCUT2D eigenvalue weighted by Crippen LogP contribution is 2.18. The Labute approximate surface area is 113 Å². The van der Waals surface area contributed by atoms with Crippen molar-refractivity contribution in [3.63, 3.8) is 0 Å². The van der Waals surface area contributed by atoms with Crippen LogP contribution < -0.4 is 0 Å². The molecule has 1 saturated heterocycles. The van der Waals surface area contributed by atoms with Crippen molar-refractivity contribution in [3.8, 4) is 0 Å². The molecule has 1 aromatic rings. The van der Waals surface area contributed by atoms with Crippen molar-refractivity contribution in [3.05, 3.63) is 34.6 Å². The van der Waals surface area contributed by atoms with E-state index >= 15 is 0 Å². The highest BCUT2D eigenvalue weighted by Gasteiger charge is 2.20. The maximum atomic E-state index is 13.3. The van der Waals surface area contributed by atoms with Crippen LogP contribution in [0, 0.1) is 11.7 Å². The van der Waals surface area contributed by atoms with Crippen LogP contribution in [0.3, 0.4) is 0 Å². The summed E-state index contributed by atoms with van der Waals surface area (Å²) >= 11 is 5.68. The van der Waals surface area contributed by atoms with Crippen molar-refractivity contribution in [1.29, 1.82) is 0 Å². The van der Waals surface area contributed by atoms with Crippen LogP contribution in [0.25, 0.3) is 0 Å². The summed E-state index contributed by atoms with van der Waals surface area (Å²) in [6, 6.07) is 5.05. The Morgan fingerprint density at radius 1 is 1.50 bits per heavy atom. The van der Waals surface area contributed by atoms with Crippen LogP contribution in [0.5, 0.6) is 0 Å². The van der Waals surface area contributed by atoms with Gasteiger partial charge in [-0.15, -0.1) is 0 Å². The van der Waals surface area contributed by atoms with E-state index < -0.39 is 0 Å². The second kappa shape index (κ2) is 6.00. The fraction of sp³-hybridized carbons (Fsp3) is 0.571. The maximum absolute atomic E-state index is 13.3. The molecule has 0 N–H and O–H groups in total. The molecule has 1 unspecified atom stereocenters. The highest BCUT2D eigenvalue weighted by molar-refractivity contribution is 6.30. The molecule has 0 saturated carbocycles. The van der Waals surface area contributed by atoms with Gasteiger partial charge in [-0.1, -0.05) is 17.7 Å². The van der Waals surface area contributed by atoms with E-state index in [0.717, 1.165) is 24.6 Å². The van der Waals surface area contributed by atoms with E-state index in [1.165, 1.54) is 25.6 Å². The largest absolute Gasteiger partial charge is 0.306 e. The van der Waals surface area contributed by atoms with Crippen molar-refractivity contribution < 1.29 is 4.39 Å². The standard InChI is InChI=1S/C14H20ClFN2/c1-17-6-5-12(9-17)10-18(2)8-11-3-4-13(15)14(16)7-11/h3-4,7,12H,5-6,8-10H2,1-2H3. The Morgan fingerprint density at radius 3 is 2.89 bits per heavy atom. The zero-order chi connectivity index (χ0) is 13.1. The predicted molar refractivity (Wildman–Crippen MR) is 73.3 cm³/mol. The van der Waals surface area contributed by atoms with Crippen LogP contribution in [0.2, 0.25) is 5.02 Å². The number of halogens is 2. The molecule has 2 nitrogen and oxygen atoms in total. The van der Waals surface area contributed by atoms with E-state index in [1.54, 1.807) is 6.07 Å². The molecule has 0 aliphatic carbocycles. The Hall–Kier alpha value is -0.640. The third-order valence-corrected chi connectivity index (χ3v) is 3.80. The first-order valence-electron chi connectivity index (χ1n) is 6.35. The Bertz CT molecular complexity index is 411. The van der Waals surface area contributed by atoms with Crippen molar-refractivity contribution in [2.24, 2.45) is 5.92 Å². The van der Waals surface area contributed by atoms with Gasteiger partial charge in [0.2, 0.25) is 0 Å². The first-order chi connectivity index (χ1) is 8.54. The van der Waals surface area contributed by atoms with Crippen LogP contribution in [0.1, 0.15) is 12.0 Å². The van der Waals surface area contributed by atoms with E-state index in [4.69, 9.17) is 11.6 Å². The maximum Gasteiger partial charge on any atom is 0.142 e. The van der Waals surface area contributed by atoms with E-state index in [-0.39, 0.29) is 10.8 Å². The molecule has 1 aliphatic heterocycles. The van der Waals surface area contributed by atoms with E-state index in [0.29, 0.717) is 0 Å². The zero-order valence-electron chi connectivity index (χ0n) is 11.0. The average Bonchev–Trinajstić information content (AvgIpc) is 2.69. The molecule has 4 heteroatoms. The quantitative estimate of drug-likeness (QED) is 0.830. The number of rotatable bonds is 4. The minimum atomic E-state index is -0.330. The van der Waals surface area contributed by atoms with Gasteiger partial charge in [-0.3, -0.25) is 0 Å². The predicted octanol–water partition coefficient (Wildman–Crippen LogP) is 2.86. The molecule has 1 aromatic carbocycles. The summed E-state index contributed by atoms with van der Waals surface area (Å²) in [4.78, 5) is 4.62. The number of nitrogens with zero attached hydrogens (tertiary/aromatic N) is 2. The van der Waals surface area contributed by atoms with Gasteiger partial charge in [-0.25, -0.2) is 4.39 Å². The lowest BCUT2D eigenvalue weighted by Crippen LogP contribution is -2.27. The average molecular weight is 271 g/mol. The van der Waals surface area contributed by atoms with Crippen LogP contribution in [-0.2, 0) is 6.54 Å². The number of benzene rings is 1. The smallest absolute Gasteiger partial charge is 0.142 e. The molecule has 0 radical (unpaired) electrons. The molecular formula is C14H20ClFN2. The lowest BCUT2D eigenvalue weighted by atomic mass is 10.1. The monoisotopic (exact) mass is 270 g/mol.